The van der Waals surface area contributed by atoms with Gasteiger partial charge in [0.1, 0.15) is 0 Å². The van der Waals surface area contributed by atoms with Crippen LogP contribution in [0.4, 0.5) is 0 Å². The summed E-state index contributed by atoms with van der Waals surface area (Å²) < 4.78 is 8.04. The Morgan fingerprint density at radius 3 is 3.17 bits per heavy atom. The predicted octanol–water partition coefficient (Wildman–Crippen LogP) is 2.32. The first-order valence-electron chi connectivity index (χ1n) is 8.87. The fraction of sp³-hybridized carbons (Fsp3) is 0.526. The topological polar surface area (TPSA) is 59.3 Å². The number of hydrogen-bond acceptors (Lipinski definition) is 4. The number of nitrogens with zero attached hydrogens (tertiary/aromatic N) is 2. The van der Waals surface area contributed by atoms with E-state index in [0.717, 1.165) is 38.8 Å². The summed E-state index contributed by atoms with van der Waals surface area (Å²) >= 11 is 0. The highest BCUT2D eigenvalue weighted by Gasteiger charge is 2.21. The van der Waals surface area contributed by atoms with Crippen LogP contribution in [0.1, 0.15) is 36.5 Å². The minimum atomic E-state index is -0.465. The summed E-state index contributed by atoms with van der Waals surface area (Å²) in [5.41, 5.74) is 2.69. The lowest BCUT2D eigenvalue weighted by Crippen LogP contribution is -2.32. The highest BCUT2D eigenvalue weighted by molar-refractivity contribution is 5.31. The largest absolute Gasteiger partial charge is 0.389 e. The molecule has 0 amide bonds. The number of rotatable bonds is 9. The summed E-state index contributed by atoms with van der Waals surface area (Å²) in [5, 5.41) is 13.4. The first-order chi connectivity index (χ1) is 11.8. The number of aliphatic hydroxyl groups is 1. The summed E-state index contributed by atoms with van der Waals surface area (Å²) in [6, 6.07) is 8.49. The summed E-state index contributed by atoms with van der Waals surface area (Å²) in [4.78, 5) is 4.02. The zero-order valence-corrected chi connectivity index (χ0v) is 14.1. The van der Waals surface area contributed by atoms with Gasteiger partial charge >= 0.3 is 0 Å². The van der Waals surface area contributed by atoms with E-state index in [1.165, 1.54) is 11.1 Å². The molecule has 5 nitrogen and oxygen atoms in total. The number of aromatic nitrogens is 2. The van der Waals surface area contributed by atoms with Gasteiger partial charge in [-0.3, -0.25) is 0 Å². The Hall–Kier alpha value is -1.69. The smallest absolute Gasteiger partial charge is 0.0945 e. The van der Waals surface area contributed by atoms with E-state index >= 15 is 0 Å². The van der Waals surface area contributed by atoms with Crippen LogP contribution in [0.15, 0.2) is 43.0 Å². The molecule has 2 N–H and O–H groups in total. The van der Waals surface area contributed by atoms with Crippen LogP contribution in [0.2, 0.25) is 0 Å². The molecule has 0 spiro atoms. The van der Waals surface area contributed by atoms with Crippen molar-refractivity contribution in [2.24, 2.45) is 0 Å². The van der Waals surface area contributed by atoms with Gasteiger partial charge in [0.15, 0.2) is 0 Å². The molecule has 3 rings (SSSR count). The Kier molecular flexibility index (Phi) is 6.41. The molecule has 0 aliphatic heterocycles. The molecule has 2 aromatic rings. The third kappa shape index (κ3) is 4.90. The molecule has 0 radical (unpaired) electrons. The average molecular weight is 329 g/mol. The second kappa shape index (κ2) is 8.97. The van der Waals surface area contributed by atoms with Crippen LogP contribution >= 0.6 is 0 Å². The Labute approximate surface area is 143 Å². The van der Waals surface area contributed by atoms with Crippen LogP contribution in [-0.2, 0) is 17.7 Å². The minimum absolute atomic E-state index is 0.130. The first kappa shape index (κ1) is 17.1. The minimum Gasteiger partial charge on any atom is -0.389 e. The Bertz CT molecular complexity index is 600. The lowest BCUT2D eigenvalue weighted by molar-refractivity contribution is -0.0166. The number of fused-ring (bicyclic) bond motifs is 1. The van der Waals surface area contributed by atoms with E-state index in [1.54, 1.807) is 6.20 Å². The third-order valence-corrected chi connectivity index (χ3v) is 4.51. The third-order valence-electron chi connectivity index (χ3n) is 4.51. The molecule has 1 aliphatic rings. The van der Waals surface area contributed by atoms with Gasteiger partial charge in [-0.15, -0.1) is 0 Å². The van der Waals surface area contributed by atoms with E-state index in [-0.39, 0.29) is 6.10 Å². The van der Waals surface area contributed by atoms with E-state index in [9.17, 15) is 5.11 Å². The van der Waals surface area contributed by atoms with Crippen LogP contribution in [0.25, 0.3) is 0 Å². The van der Waals surface area contributed by atoms with Gasteiger partial charge in [0, 0.05) is 25.5 Å². The van der Waals surface area contributed by atoms with Crippen molar-refractivity contribution in [3.05, 3.63) is 54.1 Å². The van der Waals surface area contributed by atoms with Crippen LogP contribution in [-0.4, -0.2) is 40.5 Å². The van der Waals surface area contributed by atoms with E-state index in [2.05, 4.69) is 39.1 Å². The fourth-order valence-corrected chi connectivity index (χ4v) is 3.24. The van der Waals surface area contributed by atoms with Crippen LogP contribution in [0.5, 0.6) is 0 Å². The maximum atomic E-state index is 10.1. The number of aliphatic hydroxyl groups excluding tert-OH is 1. The number of imidazole rings is 1. The monoisotopic (exact) mass is 329 g/mol. The van der Waals surface area contributed by atoms with Crippen molar-refractivity contribution in [2.75, 3.05) is 19.7 Å². The van der Waals surface area contributed by atoms with Gasteiger partial charge in [0.25, 0.3) is 0 Å². The number of ether oxygens (including phenoxy) is 1. The average Bonchev–Trinajstić information content (AvgIpc) is 3.13. The molecule has 1 aliphatic carbocycles. The zero-order chi connectivity index (χ0) is 16.6. The van der Waals surface area contributed by atoms with Crippen molar-refractivity contribution in [3.63, 3.8) is 0 Å². The number of aryl methyl sites for hydroxylation is 2. The molecule has 1 aromatic carbocycles. The second-order valence-electron chi connectivity index (χ2n) is 6.43. The standard InChI is InChI=1S/C19H27N3O2/c23-17(13-20-9-4-11-22-12-10-21-15-22)14-24-19-8-3-6-16-5-1-2-7-18(16)19/h1-2,5,7,10,12,15,17,19-20,23H,3-4,6,8-9,11,13-14H2/t17-,19+/m0/s1. The van der Waals surface area contributed by atoms with Crippen molar-refractivity contribution in [3.8, 4) is 0 Å². The van der Waals surface area contributed by atoms with Crippen LogP contribution < -0.4 is 5.32 Å². The number of benzene rings is 1. The van der Waals surface area contributed by atoms with Crippen molar-refractivity contribution in [1.82, 2.24) is 14.9 Å². The van der Waals surface area contributed by atoms with Crippen LogP contribution in [0, 0.1) is 0 Å². The van der Waals surface area contributed by atoms with Crippen molar-refractivity contribution >= 4 is 0 Å². The summed E-state index contributed by atoms with van der Waals surface area (Å²) in [6.45, 7) is 2.77. The van der Waals surface area contributed by atoms with Gasteiger partial charge in [0.05, 0.1) is 25.1 Å². The normalized spacial score (nSPS) is 18.3. The summed E-state index contributed by atoms with van der Waals surface area (Å²) in [5.74, 6) is 0. The molecule has 1 heterocycles. The Morgan fingerprint density at radius 1 is 1.38 bits per heavy atom. The first-order valence-corrected chi connectivity index (χ1v) is 8.87. The summed E-state index contributed by atoms with van der Waals surface area (Å²) in [7, 11) is 0. The molecule has 2 atom stereocenters. The van der Waals surface area contributed by atoms with Crippen molar-refractivity contribution in [2.45, 2.75) is 44.4 Å². The highest BCUT2D eigenvalue weighted by atomic mass is 16.5. The second-order valence-corrected chi connectivity index (χ2v) is 6.43. The van der Waals surface area contributed by atoms with Gasteiger partial charge in [0.2, 0.25) is 0 Å². The molecule has 0 unspecified atom stereocenters. The van der Waals surface area contributed by atoms with Gasteiger partial charge in [-0.25, -0.2) is 4.98 Å². The van der Waals surface area contributed by atoms with Gasteiger partial charge in [-0.05, 0) is 43.4 Å². The predicted molar refractivity (Wildman–Crippen MR) is 93.8 cm³/mol. The van der Waals surface area contributed by atoms with Crippen molar-refractivity contribution in [1.29, 1.82) is 0 Å². The van der Waals surface area contributed by atoms with E-state index in [0.29, 0.717) is 13.2 Å². The van der Waals surface area contributed by atoms with Gasteiger partial charge in [-0.2, -0.15) is 0 Å². The number of nitrogens with one attached hydrogen (secondary N) is 1. The maximum absolute atomic E-state index is 10.1. The molecule has 24 heavy (non-hydrogen) atoms. The summed E-state index contributed by atoms with van der Waals surface area (Å²) in [6.07, 6.45) is 9.59. The lowest BCUT2D eigenvalue weighted by Gasteiger charge is -2.26. The Morgan fingerprint density at radius 2 is 2.29 bits per heavy atom. The van der Waals surface area contributed by atoms with Crippen LogP contribution in [0.3, 0.4) is 0 Å². The van der Waals surface area contributed by atoms with E-state index < -0.39 is 6.10 Å². The molecule has 0 bridgehead atoms. The molecule has 0 fully saturated rings. The molecule has 130 valence electrons. The SMILES string of the molecule is O[C@@H](CNCCCn1ccnc1)CO[C@@H]1CCCc2ccccc21. The van der Waals surface area contributed by atoms with E-state index in [4.69, 9.17) is 4.74 Å². The molecule has 0 saturated heterocycles. The maximum Gasteiger partial charge on any atom is 0.0945 e. The molecule has 1 aromatic heterocycles. The van der Waals surface area contributed by atoms with E-state index in [1.807, 2.05) is 12.5 Å². The molecule has 5 heteroatoms. The van der Waals surface area contributed by atoms with Crippen molar-refractivity contribution < 1.29 is 9.84 Å². The zero-order valence-electron chi connectivity index (χ0n) is 14.1. The highest BCUT2D eigenvalue weighted by Crippen LogP contribution is 2.32. The number of hydrogen-bond donors (Lipinski definition) is 2. The van der Waals surface area contributed by atoms with Gasteiger partial charge < -0.3 is 19.7 Å². The lowest BCUT2D eigenvalue weighted by atomic mass is 9.89. The van der Waals surface area contributed by atoms with Gasteiger partial charge in [-0.1, -0.05) is 24.3 Å². The molecular formula is C19H27N3O2. The molecule has 0 saturated carbocycles. The fourth-order valence-electron chi connectivity index (χ4n) is 3.24. The quantitative estimate of drug-likeness (QED) is 0.693. The Balaban J connectivity index is 1.32. The molecular weight excluding hydrogens is 302 g/mol.